The predicted octanol–water partition coefficient (Wildman–Crippen LogP) is 4.95. The van der Waals surface area contributed by atoms with Crippen LogP contribution in [0.4, 0.5) is 0 Å². The zero-order valence-electron chi connectivity index (χ0n) is 11.1. The molecule has 0 aromatic heterocycles. The van der Waals surface area contributed by atoms with Gasteiger partial charge in [0.25, 0.3) is 0 Å². The third-order valence-corrected chi connectivity index (χ3v) is 4.09. The summed E-state index contributed by atoms with van der Waals surface area (Å²) >= 11 is 11.0. The molecule has 2 aromatic rings. The molecule has 0 saturated heterocycles. The summed E-state index contributed by atoms with van der Waals surface area (Å²) in [6, 6.07) is 18.3. The Labute approximate surface area is 125 Å². The molecule has 2 rings (SSSR count). The van der Waals surface area contributed by atoms with E-state index in [2.05, 4.69) is 38.1 Å². The van der Waals surface area contributed by atoms with E-state index in [-0.39, 0.29) is 0 Å². The second-order valence-corrected chi connectivity index (χ2v) is 5.62. The van der Waals surface area contributed by atoms with Crippen LogP contribution in [-0.4, -0.2) is 9.73 Å². The van der Waals surface area contributed by atoms with E-state index in [1.165, 1.54) is 5.56 Å². The second-order valence-electron chi connectivity index (χ2n) is 4.80. The first-order valence-corrected chi connectivity index (χ1v) is 7.15. The van der Waals surface area contributed by atoms with Crippen molar-refractivity contribution >= 4 is 34.2 Å². The fraction of sp³-hybridized carbons (Fsp3) is 0.176. The van der Waals surface area contributed by atoms with E-state index >= 15 is 0 Å². The molecule has 96 valence electrons. The highest BCUT2D eigenvalue weighted by Crippen LogP contribution is 2.17. The van der Waals surface area contributed by atoms with Crippen LogP contribution in [0.25, 0.3) is 0 Å². The molecule has 2 aromatic carbocycles. The average molecular weight is 284 g/mol. The Kier molecular flexibility index (Phi) is 4.56. The van der Waals surface area contributed by atoms with Crippen LogP contribution in [0, 0.1) is 0 Å². The quantitative estimate of drug-likeness (QED) is 0.576. The Hall–Kier alpha value is -1.38. The van der Waals surface area contributed by atoms with Gasteiger partial charge in [-0.05, 0) is 22.6 Å². The van der Waals surface area contributed by atoms with Crippen molar-refractivity contribution in [3.63, 3.8) is 0 Å². The Bertz CT molecular complexity index is 580. The fourth-order valence-corrected chi connectivity index (χ4v) is 2.38. The lowest BCUT2D eigenvalue weighted by atomic mass is 9.99. The van der Waals surface area contributed by atoms with Crippen molar-refractivity contribution in [2.45, 2.75) is 19.8 Å². The van der Waals surface area contributed by atoms with Crippen molar-refractivity contribution < 1.29 is 0 Å². The lowest BCUT2D eigenvalue weighted by molar-refractivity contribution is 0.866. The van der Waals surface area contributed by atoms with E-state index in [0.717, 1.165) is 20.9 Å². The average Bonchev–Trinajstić information content (AvgIpc) is 2.46. The highest BCUT2D eigenvalue weighted by molar-refractivity contribution is 7.90. The maximum Gasteiger partial charge on any atom is 0.0636 e. The van der Waals surface area contributed by atoms with Crippen LogP contribution in [0.5, 0.6) is 0 Å². The van der Waals surface area contributed by atoms with E-state index in [9.17, 15) is 0 Å². The number of thiocarbonyl (C=S) groups is 2. The fourth-order valence-electron chi connectivity index (χ4n) is 1.87. The maximum absolute atomic E-state index is 5.49. The molecule has 0 bridgehead atoms. The summed E-state index contributed by atoms with van der Waals surface area (Å²) in [5, 5.41) is 0. The minimum Gasteiger partial charge on any atom is -0.0778 e. The zero-order valence-corrected chi connectivity index (χ0v) is 12.7. The number of hydrogen-bond acceptors (Lipinski definition) is 2. The zero-order chi connectivity index (χ0) is 13.8. The van der Waals surface area contributed by atoms with Crippen molar-refractivity contribution in [3.8, 4) is 0 Å². The minimum atomic E-state index is 0.531. The van der Waals surface area contributed by atoms with Crippen molar-refractivity contribution in [3.05, 3.63) is 71.3 Å². The normalized spacial score (nSPS) is 10.5. The smallest absolute Gasteiger partial charge is 0.0636 e. The molecule has 0 aliphatic carbocycles. The van der Waals surface area contributed by atoms with Crippen LogP contribution >= 0.6 is 24.4 Å². The standard InChI is InChI=1S/C17H16S2/c1-12(2)13-8-10-15(11-9-13)17(19)16(18)14-6-4-3-5-7-14/h3-12H,1-2H3. The third-order valence-electron chi connectivity index (χ3n) is 3.08. The Balaban J connectivity index is 2.22. The van der Waals surface area contributed by atoms with Gasteiger partial charge in [0.15, 0.2) is 0 Å². The molecular formula is C17H16S2. The molecule has 0 fully saturated rings. The maximum atomic E-state index is 5.49. The molecule has 0 nitrogen and oxygen atoms in total. The van der Waals surface area contributed by atoms with Gasteiger partial charge >= 0.3 is 0 Å². The van der Waals surface area contributed by atoms with Gasteiger partial charge in [-0.3, -0.25) is 0 Å². The molecule has 0 radical (unpaired) electrons. The van der Waals surface area contributed by atoms with Crippen LogP contribution < -0.4 is 0 Å². The first-order chi connectivity index (χ1) is 9.09. The third kappa shape index (κ3) is 3.34. The van der Waals surface area contributed by atoms with Gasteiger partial charge in [-0.1, -0.05) is 92.9 Å². The monoisotopic (exact) mass is 284 g/mol. The van der Waals surface area contributed by atoms with Gasteiger partial charge in [0.05, 0.1) is 9.73 Å². The lowest BCUT2D eigenvalue weighted by Crippen LogP contribution is -2.11. The highest BCUT2D eigenvalue weighted by atomic mass is 32.1. The van der Waals surface area contributed by atoms with Crippen molar-refractivity contribution in [2.75, 3.05) is 0 Å². The minimum absolute atomic E-state index is 0.531. The molecule has 0 aliphatic rings. The van der Waals surface area contributed by atoms with Gasteiger partial charge in [-0.25, -0.2) is 0 Å². The van der Waals surface area contributed by atoms with Crippen molar-refractivity contribution in [1.82, 2.24) is 0 Å². The van der Waals surface area contributed by atoms with E-state index in [4.69, 9.17) is 24.4 Å². The van der Waals surface area contributed by atoms with E-state index in [0.29, 0.717) is 5.92 Å². The van der Waals surface area contributed by atoms with E-state index in [1.807, 2.05) is 30.3 Å². The Morgan fingerprint density at radius 2 is 1.21 bits per heavy atom. The predicted molar refractivity (Wildman–Crippen MR) is 90.4 cm³/mol. The molecule has 0 atom stereocenters. The lowest BCUT2D eigenvalue weighted by Gasteiger charge is -2.09. The first-order valence-electron chi connectivity index (χ1n) is 6.33. The van der Waals surface area contributed by atoms with Crippen LogP contribution in [0.2, 0.25) is 0 Å². The van der Waals surface area contributed by atoms with Crippen molar-refractivity contribution in [1.29, 1.82) is 0 Å². The van der Waals surface area contributed by atoms with Gasteiger partial charge in [0, 0.05) is 0 Å². The number of benzene rings is 2. The van der Waals surface area contributed by atoms with Crippen LogP contribution in [0.1, 0.15) is 36.5 Å². The summed E-state index contributed by atoms with van der Waals surface area (Å²) in [5.41, 5.74) is 3.35. The first kappa shape index (κ1) is 14.0. The highest BCUT2D eigenvalue weighted by Gasteiger charge is 2.10. The Morgan fingerprint density at radius 3 is 1.68 bits per heavy atom. The van der Waals surface area contributed by atoms with Crippen LogP contribution in [0.3, 0.4) is 0 Å². The van der Waals surface area contributed by atoms with Crippen LogP contribution in [0.15, 0.2) is 54.6 Å². The summed E-state index contributed by atoms with van der Waals surface area (Å²) in [4.78, 5) is 1.49. The topological polar surface area (TPSA) is 0 Å². The molecule has 0 amide bonds. The summed E-state index contributed by atoms with van der Waals surface area (Å²) in [7, 11) is 0. The molecule has 0 heterocycles. The molecular weight excluding hydrogens is 268 g/mol. The number of rotatable bonds is 4. The molecule has 0 unspecified atom stereocenters. The van der Waals surface area contributed by atoms with Crippen molar-refractivity contribution in [2.24, 2.45) is 0 Å². The second kappa shape index (κ2) is 6.18. The molecule has 2 heteroatoms. The largest absolute Gasteiger partial charge is 0.0778 e. The van der Waals surface area contributed by atoms with Gasteiger partial charge < -0.3 is 0 Å². The summed E-state index contributed by atoms with van der Waals surface area (Å²) in [6.45, 7) is 4.36. The number of hydrogen-bond donors (Lipinski definition) is 0. The summed E-state index contributed by atoms with van der Waals surface area (Å²) < 4.78 is 0. The molecule has 0 saturated carbocycles. The molecule has 0 aliphatic heterocycles. The summed E-state index contributed by atoms with van der Waals surface area (Å²) in [6.07, 6.45) is 0. The molecule has 19 heavy (non-hydrogen) atoms. The van der Waals surface area contributed by atoms with Crippen LogP contribution in [-0.2, 0) is 0 Å². The molecule has 0 N–H and O–H groups in total. The van der Waals surface area contributed by atoms with Gasteiger partial charge in [-0.2, -0.15) is 0 Å². The molecule has 0 spiro atoms. The van der Waals surface area contributed by atoms with Gasteiger partial charge in [-0.15, -0.1) is 0 Å². The van der Waals surface area contributed by atoms with E-state index < -0.39 is 0 Å². The SMILES string of the molecule is CC(C)c1ccc(C(=S)C(=S)c2ccccc2)cc1. The summed E-state index contributed by atoms with van der Waals surface area (Å²) in [5.74, 6) is 0.531. The van der Waals surface area contributed by atoms with Gasteiger partial charge in [0.2, 0.25) is 0 Å². The van der Waals surface area contributed by atoms with Gasteiger partial charge in [0.1, 0.15) is 0 Å². The Morgan fingerprint density at radius 1 is 0.737 bits per heavy atom. The van der Waals surface area contributed by atoms with E-state index in [1.54, 1.807) is 0 Å².